The van der Waals surface area contributed by atoms with Crippen molar-refractivity contribution in [2.45, 2.75) is 64.9 Å². The minimum absolute atomic E-state index is 0.698. The maximum absolute atomic E-state index is 2.44. The van der Waals surface area contributed by atoms with Crippen LogP contribution in [0.5, 0.6) is 0 Å². The molecule has 0 amide bonds. The van der Waals surface area contributed by atoms with Crippen LogP contribution in [0.25, 0.3) is 0 Å². The van der Waals surface area contributed by atoms with Crippen LogP contribution in [0.1, 0.15) is 54.4 Å². The summed E-state index contributed by atoms with van der Waals surface area (Å²) in [6.07, 6.45) is 2.70. The molecule has 0 bridgehead atoms. The van der Waals surface area contributed by atoms with Crippen molar-refractivity contribution in [3.63, 3.8) is 0 Å². The molecule has 0 aromatic rings. The number of hydrogen-bond donors (Lipinski definition) is 0. The van der Waals surface area contributed by atoms with Crippen LogP contribution in [0.4, 0.5) is 0 Å². The van der Waals surface area contributed by atoms with Gasteiger partial charge in [0.25, 0.3) is 0 Å². The van der Waals surface area contributed by atoms with Gasteiger partial charge in [0.15, 0.2) is 0 Å². The fourth-order valence-electron chi connectivity index (χ4n) is 1.89. The van der Waals surface area contributed by atoms with Gasteiger partial charge in [0.2, 0.25) is 0 Å². The molecule has 0 N–H and O–H groups in total. The van der Waals surface area contributed by atoms with Crippen molar-refractivity contribution in [3.8, 4) is 0 Å². The summed E-state index contributed by atoms with van der Waals surface area (Å²) >= 11 is 0.698. The molecule has 0 rings (SSSR count). The molecule has 0 aromatic heterocycles. The Hall–Kier alpha value is 0.532. The summed E-state index contributed by atoms with van der Waals surface area (Å²) in [5, 5.41) is 3.02. The predicted octanol–water partition coefficient (Wildman–Crippen LogP) is 4.89. The third kappa shape index (κ3) is 6.65. The Morgan fingerprint density at radius 1 is 0.667 bits per heavy atom. The van der Waals surface area contributed by atoms with Crippen LogP contribution in [0, 0.1) is 23.7 Å². The van der Waals surface area contributed by atoms with Gasteiger partial charge in [-0.3, -0.25) is 0 Å². The van der Waals surface area contributed by atoms with Gasteiger partial charge in [-0.25, -0.2) is 0 Å². The van der Waals surface area contributed by atoms with Crippen LogP contribution in [0.15, 0.2) is 0 Å². The zero-order valence-electron chi connectivity index (χ0n) is 11.7. The fraction of sp³-hybridized carbons (Fsp3) is 1.00. The molecule has 0 aliphatic carbocycles. The first-order chi connectivity index (χ1) is 7.02. The third-order valence-electron chi connectivity index (χ3n) is 4.31. The van der Waals surface area contributed by atoms with E-state index in [1.165, 1.54) is 23.4 Å². The normalized spacial score (nSPS) is 19.1. The Kier molecular flexibility index (Phi) is 8.97. The van der Waals surface area contributed by atoms with Gasteiger partial charge in [-0.2, -0.15) is 0 Å². The third-order valence-corrected chi connectivity index (χ3v) is 6.46. The Morgan fingerprint density at radius 3 is 1.27 bits per heavy atom. The van der Waals surface area contributed by atoms with E-state index in [1.54, 1.807) is 0 Å². The van der Waals surface area contributed by atoms with E-state index in [2.05, 4.69) is 41.5 Å². The van der Waals surface area contributed by atoms with E-state index >= 15 is 0 Å². The molecule has 0 nitrogen and oxygen atoms in total. The maximum atomic E-state index is 2.44. The van der Waals surface area contributed by atoms with Crippen molar-refractivity contribution >= 4 is 15.2 Å². The van der Waals surface area contributed by atoms with Gasteiger partial charge in [-0.05, 0) is 0 Å². The second-order valence-electron chi connectivity index (χ2n) is 5.49. The van der Waals surface area contributed by atoms with E-state index in [-0.39, 0.29) is 0 Å². The summed E-state index contributed by atoms with van der Waals surface area (Å²) in [4.78, 5) is 0. The second kappa shape index (κ2) is 8.66. The monoisotopic (exact) mass is 225 g/mol. The van der Waals surface area contributed by atoms with Crippen LogP contribution in [0.3, 0.4) is 0 Å². The fourth-order valence-corrected chi connectivity index (χ4v) is 4.06. The molecule has 0 aromatic carbocycles. The summed E-state index contributed by atoms with van der Waals surface area (Å²) in [6, 6.07) is 0. The molecule has 1 heteroatoms. The average Bonchev–Trinajstić information content (AvgIpc) is 2.26. The van der Waals surface area contributed by atoms with Gasteiger partial charge < -0.3 is 0 Å². The first kappa shape index (κ1) is 15.5. The first-order valence-electron chi connectivity index (χ1n) is 6.84. The molecule has 4 atom stereocenters. The van der Waals surface area contributed by atoms with Gasteiger partial charge in [0.1, 0.15) is 0 Å². The molecule has 0 aliphatic heterocycles. The van der Waals surface area contributed by atoms with E-state index in [9.17, 15) is 0 Å². The van der Waals surface area contributed by atoms with Crippen LogP contribution < -0.4 is 0 Å². The molecule has 0 saturated carbocycles. The van der Waals surface area contributed by atoms with Crippen LogP contribution >= 0.6 is 0 Å². The Labute approximate surface area is 104 Å². The van der Waals surface area contributed by atoms with Crippen molar-refractivity contribution in [1.29, 1.82) is 0 Å². The van der Waals surface area contributed by atoms with Crippen LogP contribution in [-0.2, 0) is 0 Å². The van der Waals surface area contributed by atoms with Gasteiger partial charge in [-0.1, -0.05) is 0 Å². The van der Waals surface area contributed by atoms with Crippen LogP contribution in [0.2, 0.25) is 10.6 Å². The molecule has 0 spiro atoms. The summed E-state index contributed by atoms with van der Waals surface area (Å²) in [6.45, 7) is 14.3. The van der Waals surface area contributed by atoms with Gasteiger partial charge in [-0.15, -0.1) is 0 Å². The standard InChI is InChI=1S/2C7H15.Al/c2*1-5-7(4)6(2)3;/h2*6-7H,2,5H2,1,3-4H3;/q;;+1. The van der Waals surface area contributed by atoms with Crippen molar-refractivity contribution in [1.82, 2.24) is 0 Å². The molecule has 0 saturated heterocycles. The molecule has 0 fully saturated rings. The van der Waals surface area contributed by atoms with Crippen molar-refractivity contribution < 1.29 is 0 Å². The van der Waals surface area contributed by atoms with Gasteiger partial charge >= 0.3 is 104 Å². The zero-order chi connectivity index (χ0) is 11.8. The first-order valence-corrected chi connectivity index (χ1v) is 8.47. The minimum atomic E-state index is 0.698. The van der Waals surface area contributed by atoms with E-state index in [0.717, 1.165) is 23.7 Å². The molecule has 15 heavy (non-hydrogen) atoms. The summed E-state index contributed by atoms with van der Waals surface area (Å²) in [5.41, 5.74) is 0. The Bertz CT molecular complexity index is 128. The van der Waals surface area contributed by atoms with E-state index in [0.29, 0.717) is 15.2 Å². The van der Waals surface area contributed by atoms with E-state index in [1.807, 2.05) is 0 Å². The van der Waals surface area contributed by atoms with E-state index < -0.39 is 0 Å². The summed E-state index contributed by atoms with van der Waals surface area (Å²) < 4.78 is 0. The average molecular weight is 225 g/mol. The van der Waals surface area contributed by atoms with Crippen molar-refractivity contribution in [2.75, 3.05) is 0 Å². The van der Waals surface area contributed by atoms with Crippen molar-refractivity contribution in [3.05, 3.63) is 0 Å². The molecular weight excluding hydrogens is 195 g/mol. The quantitative estimate of drug-likeness (QED) is 0.516. The van der Waals surface area contributed by atoms with Crippen LogP contribution in [-0.4, -0.2) is 15.2 Å². The molecule has 4 unspecified atom stereocenters. The molecular formula is C14H30Al+. The SMILES string of the molecule is CCC(C)C(C)[CH2][Al+][CH2]C(C)C(C)CC. The molecule has 0 aliphatic rings. The second-order valence-corrected chi connectivity index (χ2v) is 7.01. The Morgan fingerprint density at radius 2 is 1.00 bits per heavy atom. The van der Waals surface area contributed by atoms with Gasteiger partial charge in [0, 0.05) is 0 Å². The predicted molar refractivity (Wildman–Crippen MR) is 72.6 cm³/mol. The molecule has 0 radical (unpaired) electrons. The topological polar surface area (TPSA) is 0 Å². The number of rotatable bonds is 8. The van der Waals surface area contributed by atoms with E-state index in [4.69, 9.17) is 0 Å². The Balaban J connectivity index is 3.60. The zero-order valence-corrected chi connectivity index (χ0v) is 12.9. The summed E-state index contributed by atoms with van der Waals surface area (Å²) in [7, 11) is 0. The number of hydrogen-bond acceptors (Lipinski definition) is 0. The van der Waals surface area contributed by atoms with Crippen molar-refractivity contribution in [2.24, 2.45) is 23.7 Å². The molecule has 0 heterocycles. The van der Waals surface area contributed by atoms with Gasteiger partial charge in [0.05, 0.1) is 0 Å². The summed E-state index contributed by atoms with van der Waals surface area (Å²) in [5.74, 6) is 3.76. The molecule has 88 valence electrons.